The Morgan fingerprint density at radius 3 is 2.43 bits per heavy atom. The lowest BCUT2D eigenvalue weighted by atomic mass is 10.0. The first-order chi connectivity index (χ1) is 9.92. The van der Waals surface area contributed by atoms with Crippen molar-refractivity contribution >= 4 is 22.0 Å². The summed E-state index contributed by atoms with van der Waals surface area (Å²) in [4.78, 5) is 27.0. The van der Waals surface area contributed by atoms with Gasteiger partial charge in [-0.1, -0.05) is 15.9 Å². The van der Waals surface area contributed by atoms with E-state index in [4.69, 9.17) is 5.11 Å². The number of halogens is 1. The molecule has 9 heteroatoms. The predicted octanol–water partition coefficient (Wildman–Crippen LogP) is -1.85. The summed E-state index contributed by atoms with van der Waals surface area (Å²) < 4.78 is 0.956. The molecule has 0 spiro atoms. The average Bonchev–Trinajstić information content (AvgIpc) is 2.64. The van der Waals surface area contributed by atoms with Gasteiger partial charge in [-0.2, -0.15) is 0 Å². The molecule has 8 nitrogen and oxygen atoms in total. The van der Waals surface area contributed by atoms with Crippen molar-refractivity contribution in [3.05, 3.63) is 37.6 Å². The van der Waals surface area contributed by atoms with Crippen LogP contribution in [0.2, 0.25) is 0 Å². The minimum atomic E-state index is -1.44. The molecule has 0 aromatic carbocycles. The normalized spacial score (nSPS) is 32.9. The van der Waals surface area contributed by atoms with Crippen LogP contribution in [-0.2, 0) is 0 Å². The van der Waals surface area contributed by atoms with E-state index in [2.05, 4.69) is 20.9 Å². The van der Waals surface area contributed by atoms with Gasteiger partial charge in [0, 0.05) is 12.1 Å². The molecule has 21 heavy (non-hydrogen) atoms. The maximum absolute atomic E-state index is 11.9. The lowest BCUT2D eigenvalue weighted by molar-refractivity contribution is -0.00809. The van der Waals surface area contributed by atoms with Crippen LogP contribution in [-0.4, -0.2) is 54.9 Å². The van der Waals surface area contributed by atoms with Crippen LogP contribution in [0, 0.1) is 5.92 Å². The Morgan fingerprint density at radius 2 is 1.90 bits per heavy atom. The van der Waals surface area contributed by atoms with Gasteiger partial charge >= 0.3 is 5.69 Å². The lowest BCUT2D eigenvalue weighted by Crippen LogP contribution is -2.40. The fourth-order valence-corrected chi connectivity index (χ4v) is 2.85. The van der Waals surface area contributed by atoms with Crippen LogP contribution in [0.3, 0.4) is 0 Å². The summed E-state index contributed by atoms with van der Waals surface area (Å²) in [6, 6.07) is -1.16. The first-order valence-corrected chi connectivity index (χ1v) is 7.11. The molecule has 2 unspecified atom stereocenters. The zero-order valence-corrected chi connectivity index (χ0v) is 12.3. The van der Waals surface area contributed by atoms with Crippen LogP contribution in [0.1, 0.15) is 11.6 Å². The molecule has 5 N–H and O–H groups in total. The fourth-order valence-electron chi connectivity index (χ4n) is 2.57. The minimum Gasteiger partial charge on any atom is -0.396 e. The van der Waals surface area contributed by atoms with E-state index >= 15 is 0 Å². The SMILES string of the molecule is O=c1[nH]c(=O)n([C@H]2C(O)C(O)[C@@H](CO)[C@@H]2O)cc1C=CBr. The van der Waals surface area contributed by atoms with Crippen molar-refractivity contribution in [2.75, 3.05) is 6.61 Å². The number of nitrogens with zero attached hydrogens (tertiary/aromatic N) is 1. The minimum absolute atomic E-state index is 0.132. The summed E-state index contributed by atoms with van der Waals surface area (Å²) >= 11 is 3.01. The Labute approximate surface area is 127 Å². The maximum atomic E-state index is 11.9. The van der Waals surface area contributed by atoms with Gasteiger partial charge in [0.05, 0.1) is 30.4 Å². The zero-order valence-electron chi connectivity index (χ0n) is 10.8. The Bertz CT molecular complexity index is 654. The zero-order chi connectivity index (χ0) is 15.7. The number of rotatable bonds is 3. The Morgan fingerprint density at radius 1 is 1.24 bits per heavy atom. The monoisotopic (exact) mass is 362 g/mol. The summed E-state index contributed by atoms with van der Waals surface area (Å²) in [6.45, 7) is -0.540. The van der Waals surface area contributed by atoms with E-state index < -0.39 is 48.1 Å². The summed E-state index contributed by atoms with van der Waals surface area (Å²) in [7, 11) is 0. The number of aliphatic hydroxyl groups excluding tert-OH is 4. The third kappa shape index (κ3) is 2.74. The van der Waals surface area contributed by atoms with Crippen LogP contribution in [0.25, 0.3) is 6.08 Å². The molecular formula is C12H15BrN2O6. The standard InChI is InChI=1S/C12H15BrN2O6/c13-2-1-5-3-15(12(21)14-11(5)20)7-8(17)6(4-16)9(18)10(7)19/h1-3,6-10,16-19H,4H2,(H,14,20,21)/t6-,7+,8-,9?,10?/m0/s1. The Hall–Kier alpha value is -1.26. The number of hydrogen-bond donors (Lipinski definition) is 5. The Kier molecular flexibility index (Phi) is 4.79. The van der Waals surface area contributed by atoms with Gasteiger partial charge in [-0.05, 0) is 11.1 Å². The van der Waals surface area contributed by atoms with Crippen molar-refractivity contribution in [3.8, 4) is 0 Å². The summed E-state index contributed by atoms with van der Waals surface area (Å²) in [5, 5.41) is 39.0. The highest BCUT2D eigenvalue weighted by molar-refractivity contribution is 9.11. The van der Waals surface area contributed by atoms with Gasteiger partial charge in [0.1, 0.15) is 6.10 Å². The van der Waals surface area contributed by atoms with Gasteiger partial charge < -0.3 is 20.4 Å². The first kappa shape index (κ1) is 16.1. The van der Waals surface area contributed by atoms with Gasteiger partial charge in [-0.3, -0.25) is 14.3 Å². The number of nitrogens with one attached hydrogen (secondary N) is 1. The second kappa shape index (κ2) is 6.24. The first-order valence-electron chi connectivity index (χ1n) is 6.19. The fraction of sp³-hybridized carbons (Fsp3) is 0.500. The van der Waals surface area contributed by atoms with Crippen LogP contribution in [0.5, 0.6) is 0 Å². The Balaban J connectivity index is 2.54. The summed E-state index contributed by atoms with van der Waals surface area (Å²) in [5.74, 6) is -0.973. The molecule has 1 aromatic rings. The van der Waals surface area contributed by atoms with Gasteiger partial charge in [-0.25, -0.2) is 4.79 Å². The van der Waals surface area contributed by atoms with E-state index in [1.54, 1.807) is 0 Å². The smallest absolute Gasteiger partial charge is 0.328 e. The quantitative estimate of drug-likeness (QED) is 0.428. The lowest BCUT2D eigenvalue weighted by Gasteiger charge is -2.21. The van der Waals surface area contributed by atoms with Gasteiger partial charge in [-0.15, -0.1) is 0 Å². The van der Waals surface area contributed by atoms with E-state index in [9.17, 15) is 24.9 Å². The average molecular weight is 363 g/mol. The van der Waals surface area contributed by atoms with Crippen LogP contribution < -0.4 is 11.2 Å². The summed E-state index contributed by atoms with van der Waals surface area (Å²) in [5.41, 5.74) is -1.30. The molecule has 1 fully saturated rings. The molecular weight excluding hydrogens is 348 g/mol. The molecule has 0 bridgehead atoms. The van der Waals surface area contributed by atoms with E-state index in [-0.39, 0.29) is 5.56 Å². The molecule has 5 atom stereocenters. The number of aromatic nitrogens is 2. The number of H-pyrrole nitrogens is 1. The number of hydrogen-bond acceptors (Lipinski definition) is 6. The van der Waals surface area contributed by atoms with Crippen LogP contribution >= 0.6 is 15.9 Å². The largest absolute Gasteiger partial charge is 0.396 e. The molecule has 1 aromatic heterocycles. The van der Waals surface area contributed by atoms with Crippen LogP contribution in [0.4, 0.5) is 0 Å². The van der Waals surface area contributed by atoms with Crippen molar-refractivity contribution in [1.82, 2.24) is 9.55 Å². The third-order valence-electron chi connectivity index (χ3n) is 3.70. The molecule has 116 valence electrons. The highest BCUT2D eigenvalue weighted by atomic mass is 79.9. The molecule has 1 aliphatic carbocycles. The molecule has 0 amide bonds. The highest BCUT2D eigenvalue weighted by Crippen LogP contribution is 2.34. The molecule has 0 saturated heterocycles. The second-order valence-corrected chi connectivity index (χ2v) is 5.38. The van der Waals surface area contributed by atoms with Gasteiger partial charge in [0.25, 0.3) is 5.56 Å². The molecule has 1 saturated carbocycles. The molecule has 0 aliphatic heterocycles. The molecule has 1 heterocycles. The molecule has 2 rings (SSSR count). The molecule has 1 aliphatic rings. The van der Waals surface area contributed by atoms with Crippen molar-refractivity contribution < 1.29 is 20.4 Å². The topological polar surface area (TPSA) is 136 Å². The van der Waals surface area contributed by atoms with Crippen molar-refractivity contribution in [1.29, 1.82) is 0 Å². The summed E-state index contributed by atoms with van der Waals surface area (Å²) in [6.07, 6.45) is -1.57. The number of aliphatic hydroxyl groups is 4. The van der Waals surface area contributed by atoms with E-state index in [1.165, 1.54) is 17.3 Å². The van der Waals surface area contributed by atoms with E-state index in [1.807, 2.05) is 0 Å². The van der Waals surface area contributed by atoms with Crippen molar-refractivity contribution in [3.63, 3.8) is 0 Å². The van der Waals surface area contributed by atoms with Crippen molar-refractivity contribution in [2.45, 2.75) is 24.4 Å². The van der Waals surface area contributed by atoms with Crippen LogP contribution in [0.15, 0.2) is 20.8 Å². The third-order valence-corrected chi connectivity index (χ3v) is 3.96. The highest BCUT2D eigenvalue weighted by Gasteiger charge is 2.49. The maximum Gasteiger partial charge on any atom is 0.328 e. The van der Waals surface area contributed by atoms with Gasteiger partial charge in [0.15, 0.2) is 0 Å². The second-order valence-electron chi connectivity index (χ2n) is 4.85. The number of aromatic amines is 1. The van der Waals surface area contributed by atoms with Crippen molar-refractivity contribution in [2.24, 2.45) is 5.92 Å². The predicted molar refractivity (Wildman–Crippen MR) is 76.9 cm³/mol. The molecule has 0 radical (unpaired) electrons. The van der Waals surface area contributed by atoms with E-state index in [0.29, 0.717) is 0 Å². The van der Waals surface area contributed by atoms with E-state index in [0.717, 1.165) is 4.57 Å². The van der Waals surface area contributed by atoms with Gasteiger partial charge in [0.2, 0.25) is 0 Å².